The van der Waals surface area contributed by atoms with Crippen LogP contribution in [0.15, 0.2) is 47.4 Å². The molecule has 148 valence electrons. The third-order valence-corrected chi connectivity index (χ3v) is 5.97. The normalized spacial score (nSPS) is 12.1. The van der Waals surface area contributed by atoms with E-state index in [9.17, 15) is 21.6 Å². The van der Waals surface area contributed by atoms with Crippen molar-refractivity contribution in [3.05, 3.63) is 53.1 Å². The van der Waals surface area contributed by atoms with Crippen LogP contribution in [-0.4, -0.2) is 35.8 Å². The Kier molecular flexibility index (Phi) is 6.61. The maximum atomic E-state index is 13.2. The summed E-state index contributed by atoms with van der Waals surface area (Å²) < 4.78 is 76.5. The van der Waals surface area contributed by atoms with Gasteiger partial charge in [0.05, 0.1) is 36.5 Å². The SMILES string of the molecule is COCCN(c1ccccc1OC)S(=O)(=O)c1cc(C(F)(F)F)ccc1Cl. The molecule has 10 heteroatoms. The summed E-state index contributed by atoms with van der Waals surface area (Å²) >= 11 is 5.93. The number of ether oxygens (including phenoxy) is 2. The molecule has 0 fully saturated rings. The molecule has 0 amide bonds. The Morgan fingerprint density at radius 3 is 2.37 bits per heavy atom. The number of halogens is 4. The van der Waals surface area contributed by atoms with Crippen LogP contribution >= 0.6 is 11.6 Å². The summed E-state index contributed by atoms with van der Waals surface area (Å²) in [5, 5.41) is -0.319. The Bertz CT molecular complexity index is 903. The molecule has 0 unspecified atom stereocenters. The summed E-state index contributed by atoms with van der Waals surface area (Å²) in [6, 6.07) is 8.40. The molecule has 0 saturated carbocycles. The average molecular weight is 424 g/mol. The maximum absolute atomic E-state index is 13.2. The molecule has 0 aliphatic carbocycles. The van der Waals surface area contributed by atoms with Crippen molar-refractivity contribution in [1.29, 1.82) is 0 Å². The van der Waals surface area contributed by atoms with E-state index < -0.39 is 26.7 Å². The van der Waals surface area contributed by atoms with Gasteiger partial charge < -0.3 is 9.47 Å². The summed E-state index contributed by atoms with van der Waals surface area (Å²) in [6.07, 6.45) is -4.71. The topological polar surface area (TPSA) is 55.8 Å². The molecule has 0 saturated heterocycles. The van der Waals surface area contributed by atoms with Crippen molar-refractivity contribution in [2.75, 3.05) is 31.7 Å². The Labute approximate surface area is 160 Å². The van der Waals surface area contributed by atoms with E-state index in [1.165, 1.54) is 20.3 Å². The standard InChI is InChI=1S/C17H17ClF3NO4S/c1-25-10-9-22(14-5-3-4-6-15(14)26-2)27(23,24)16-11-12(17(19,20)21)7-8-13(16)18/h3-8,11H,9-10H2,1-2H3. The Balaban J connectivity index is 2.65. The van der Waals surface area contributed by atoms with Crippen molar-refractivity contribution in [2.45, 2.75) is 11.1 Å². The highest BCUT2D eigenvalue weighted by atomic mass is 35.5. The van der Waals surface area contributed by atoms with Crippen LogP contribution in [0.25, 0.3) is 0 Å². The summed E-state index contributed by atoms with van der Waals surface area (Å²) in [4.78, 5) is -0.652. The molecule has 2 aromatic carbocycles. The van der Waals surface area contributed by atoms with Crippen LogP contribution in [0, 0.1) is 0 Å². The number of methoxy groups -OCH3 is 2. The molecule has 5 nitrogen and oxygen atoms in total. The van der Waals surface area contributed by atoms with E-state index in [0.29, 0.717) is 6.07 Å². The number of benzene rings is 2. The van der Waals surface area contributed by atoms with Crippen molar-refractivity contribution >= 4 is 27.3 Å². The molecule has 0 aliphatic rings. The van der Waals surface area contributed by atoms with Crippen LogP contribution in [0.5, 0.6) is 5.75 Å². The zero-order valence-corrected chi connectivity index (χ0v) is 16.0. The van der Waals surface area contributed by atoms with Gasteiger partial charge in [0.2, 0.25) is 0 Å². The van der Waals surface area contributed by atoms with Crippen LogP contribution < -0.4 is 9.04 Å². The van der Waals surface area contributed by atoms with Gasteiger partial charge in [-0.15, -0.1) is 0 Å². The molecule has 0 radical (unpaired) electrons. The zero-order chi connectivity index (χ0) is 20.2. The van der Waals surface area contributed by atoms with Gasteiger partial charge in [0.15, 0.2) is 0 Å². The van der Waals surface area contributed by atoms with Gasteiger partial charge in [-0.3, -0.25) is 4.31 Å². The highest BCUT2D eigenvalue weighted by molar-refractivity contribution is 7.93. The molecule has 0 heterocycles. The monoisotopic (exact) mass is 423 g/mol. The van der Waals surface area contributed by atoms with Crippen LogP contribution in [-0.2, 0) is 20.9 Å². The van der Waals surface area contributed by atoms with Crippen LogP contribution in [0.4, 0.5) is 18.9 Å². The lowest BCUT2D eigenvalue weighted by atomic mass is 10.2. The molecule has 0 bridgehead atoms. The van der Waals surface area contributed by atoms with E-state index in [2.05, 4.69) is 0 Å². The number of hydrogen-bond donors (Lipinski definition) is 0. The van der Waals surface area contributed by atoms with Gasteiger partial charge in [-0.2, -0.15) is 13.2 Å². The molecule has 0 atom stereocenters. The fourth-order valence-corrected chi connectivity index (χ4v) is 4.34. The highest BCUT2D eigenvalue weighted by Gasteiger charge is 2.35. The lowest BCUT2D eigenvalue weighted by Gasteiger charge is -2.26. The van der Waals surface area contributed by atoms with E-state index in [0.717, 1.165) is 16.4 Å². The molecule has 2 rings (SSSR count). The number of alkyl halides is 3. The number of rotatable bonds is 7. The van der Waals surface area contributed by atoms with Gasteiger partial charge in [0, 0.05) is 7.11 Å². The van der Waals surface area contributed by atoms with Crippen LogP contribution in [0.2, 0.25) is 5.02 Å². The minimum Gasteiger partial charge on any atom is -0.495 e. The molecule has 27 heavy (non-hydrogen) atoms. The number of sulfonamides is 1. The summed E-state index contributed by atoms with van der Waals surface area (Å²) in [6.45, 7) is -0.139. The van der Waals surface area contributed by atoms with Crippen molar-refractivity contribution in [1.82, 2.24) is 0 Å². The van der Waals surface area contributed by atoms with Gasteiger partial charge >= 0.3 is 6.18 Å². The lowest BCUT2D eigenvalue weighted by molar-refractivity contribution is -0.137. The third-order valence-electron chi connectivity index (χ3n) is 3.68. The fourth-order valence-electron chi connectivity index (χ4n) is 2.38. The van der Waals surface area contributed by atoms with Gasteiger partial charge in [-0.05, 0) is 30.3 Å². The largest absolute Gasteiger partial charge is 0.495 e. The number of hydrogen-bond acceptors (Lipinski definition) is 4. The van der Waals surface area contributed by atoms with Crippen LogP contribution in [0.3, 0.4) is 0 Å². The predicted molar refractivity (Wildman–Crippen MR) is 95.9 cm³/mol. The third kappa shape index (κ3) is 4.66. The van der Waals surface area contributed by atoms with Gasteiger partial charge in [-0.1, -0.05) is 23.7 Å². The maximum Gasteiger partial charge on any atom is 0.416 e. The van der Waals surface area contributed by atoms with Gasteiger partial charge in [0.1, 0.15) is 10.6 Å². The fraction of sp³-hybridized carbons (Fsp3) is 0.294. The highest BCUT2D eigenvalue weighted by Crippen LogP contribution is 2.37. The molecule has 0 aromatic heterocycles. The molecular formula is C17H17ClF3NO4S. The van der Waals surface area contributed by atoms with Crippen LogP contribution in [0.1, 0.15) is 5.56 Å². The predicted octanol–water partition coefficient (Wildman–Crippen LogP) is 4.21. The first kappa shape index (κ1) is 21.3. The first-order valence-electron chi connectivity index (χ1n) is 7.64. The second-order valence-corrected chi connectivity index (χ2v) is 7.62. The average Bonchev–Trinajstić information content (AvgIpc) is 2.61. The van der Waals surface area contributed by atoms with E-state index in [1.54, 1.807) is 18.2 Å². The lowest BCUT2D eigenvalue weighted by Crippen LogP contribution is -2.34. The van der Waals surface area contributed by atoms with Crippen molar-refractivity contribution in [2.24, 2.45) is 0 Å². The minimum atomic E-state index is -4.71. The summed E-state index contributed by atoms with van der Waals surface area (Å²) in [5.74, 6) is 0.236. The first-order valence-corrected chi connectivity index (χ1v) is 9.46. The summed E-state index contributed by atoms with van der Waals surface area (Å²) in [7, 11) is -1.69. The second-order valence-electron chi connectivity index (χ2n) is 5.38. The molecule has 0 N–H and O–H groups in total. The Morgan fingerprint density at radius 2 is 1.78 bits per heavy atom. The van der Waals surface area contributed by atoms with E-state index in [-0.39, 0.29) is 29.6 Å². The quantitative estimate of drug-likeness (QED) is 0.669. The first-order chi connectivity index (χ1) is 12.6. The second kappa shape index (κ2) is 8.37. The molecule has 0 spiro atoms. The molecule has 2 aromatic rings. The van der Waals surface area contributed by atoms with Gasteiger partial charge in [0.25, 0.3) is 10.0 Å². The molecule has 0 aliphatic heterocycles. The minimum absolute atomic E-state index is 0.00780. The number of para-hydroxylation sites is 2. The van der Waals surface area contributed by atoms with E-state index in [1.807, 2.05) is 0 Å². The van der Waals surface area contributed by atoms with Crippen molar-refractivity contribution in [3.8, 4) is 5.75 Å². The zero-order valence-electron chi connectivity index (χ0n) is 14.5. The Morgan fingerprint density at radius 1 is 1.11 bits per heavy atom. The van der Waals surface area contributed by atoms with Crippen molar-refractivity contribution in [3.63, 3.8) is 0 Å². The molecular weight excluding hydrogens is 407 g/mol. The van der Waals surface area contributed by atoms with E-state index in [4.69, 9.17) is 21.1 Å². The van der Waals surface area contributed by atoms with Gasteiger partial charge in [-0.25, -0.2) is 8.42 Å². The Hall–Kier alpha value is -1.97. The smallest absolute Gasteiger partial charge is 0.416 e. The number of nitrogens with zero attached hydrogens (tertiary/aromatic N) is 1. The summed E-state index contributed by atoms with van der Waals surface area (Å²) in [5.41, 5.74) is -0.956. The van der Waals surface area contributed by atoms with Crippen molar-refractivity contribution < 1.29 is 31.1 Å². The van der Waals surface area contributed by atoms with E-state index >= 15 is 0 Å². The number of anilines is 1.